The van der Waals surface area contributed by atoms with Crippen LogP contribution in [-0.4, -0.2) is 31.3 Å². The van der Waals surface area contributed by atoms with Crippen molar-refractivity contribution in [3.8, 4) is 5.75 Å². The van der Waals surface area contributed by atoms with Crippen LogP contribution in [0.4, 0.5) is 19.2 Å². The number of benzene rings is 2. The molecule has 1 aliphatic heterocycles. The third kappa shape index (κ3) is 3.45. The minimum Gasteiger partial charge on any atom is -0.435 e. The molecule has 0 unspecified atom stereocenters. The number of alkyl halides is 2. The van der Waals surface area contributed by atoms with Crippen molar-refractivity contribution in [2.75, 3.05) is 24.6 Å². The third-order valence-electron chi connectivity index (χ3n) is 4.13. The zero-order valence-electron chi connectivity index (χ0n) is 13.6. The van der Waals surface area contributed by atoms with E-state index in [9.17, 15) is 13.2 Å². The summed E-state index contributed by atoms with van der Waals surface area (Å²) < 4.78 is 54.0. The van der Waals surface area contributed by atoms with Crippen LogP contribution in [0.1, 0.15) is 11.7 Å². The van der Waals surface area contributed by atoms with Crippen molar-refractivity contribution in [3.63, 3.8) is 0 Å². The number of halogens is 3. The van der Waals surface area contributed by atoms with Gasteiger partial charge in [0, 0.05) is 12.6 Å². The quantitative estimate of drug-likeness (QED) is 0.696. The van der Waals surface area contributed by atoms with Crippen LogP contribution in [0, 0.1) is 5.82 Å². The van der Waals surface area contributed by atoms with Crippen LogP contribution >= 0.6 is 0 Å². The molecule has 8 heteroatoms. The number of hydrogen-bond donors (Lipinski definition) is 0. The molecular formula is C18H15F3N2O3. The Labute approximate surface area is 146 Å². The summed E-state index contributed by atoms with van der Waals surface area (Å²) in [4.78, 5) is 6.20. The van der Waals surface area contributed by atoms with Gasteiger partial charge in [-0.1, -0.05) is 12.1 Å². The molecule has 1 aromatic heterocycles. The SMILES string of the molecule is Fc1ccc2oc(N3CCO[C@H](c4cccc(OC(F)F)c4)C3)nc2c1. The third-order valence-corrected chi connectivity index (χ3v) is 4.13. The summed E-state index contributed by atoms with van der Waals surface area (Å²) in [5, 5.41) is 0. The maximum Gasteiger partial charge on any atom is 0.387 e. The highest BCUT2D eigenvalue weighted by atomic mass is 19.3. The first-order valence-electron chi connectivity index (χ1n) is 8.06. The first-order valence-corrected chi connectivity index (χ1v) is 8.06. The van der Waals surface area contributed by atoms with Crippen molar-refractivity contribution < 1.29 is 27.1 Å². The molecule has 1 aliphatic rings. The minimum absolute atomic E-state index is 0.0792. The van der Waals surface area contributed by atoms with Gasteiger partial charge in [0.15, 0.2) is 5.58 Å². The van der Waals surface area contributed by atoms with Crippen molar-refractivity contribution in [2.45, 2.75) is 12.7 Å². The molecule has 0 radical (unpaired) electrons. The van der Waals surface area contributed by atoms with Crippen molar-refractivity contribution >= 4 is 17.1 Å². The first-order chi connectivity index (χ1) is 12.6. The van der Waals surface area contributed by atoms with Crippen molar-refractivity contribution in [2.24, 2.45) is 0 Å². The molecule has 1 atom stereocenters. The molecule has 0 N–H and O–H groups in total. The second kappa shape index (κ2) is 6.87. The van der Waals surface area contributed by atoms with Gasteiger partial charge in [-0.15, -0.1) is 0 Å². The van der Waals surface area contributed by atoms with Gasteiger partial charge in [-0.25, -0.2) is 4.39 Å². The zero-order chi connectivity index (χ0) is 18.1. The summed E-state index contributed by atoms with van der Waals surface area (Å²) in [6, 6.07) is 10.9. The average Bonchev–Trinajstić information content (AvgIpc) is 3.05. The van der Waals surface area contributed by atoms with E-state index in [-0.39, 0.29) is 17.7 Å². The molecule has 26 heavy (non-hydrogen) atoms. The highest BCUT2D eigenvalue weighted by Crippen LogP contribution is 2.30. The number of morpholine rings is 1. The van der Waals surface area contributed by atoms with E-state index in [0.29, 0.717) is 36.8 Å². The highest BCUT2D eigenvalue weighted by Gasteiger charge is 2.26. The summed E-state index contributed by atoms with van der Waals surface area (Å²) >= 11 is 0. The number of fused-ring (bicyclic) bond motifs is 1. The first kappa shape index (κ1) is 16.7. The topological polar surface area (TPSA) is 47.7 Å². The Morgan fingerprint density at radius 2 is 2.08 bits per heavy atom. The molecule has 1 saturated heterocycles. The molecule has 1 fully saturated rings. The van der Waals surface area contributed by atoms with Gasteiger partial charge in [-0.3, -0.25) is 0 Å². The molecule has 0 amide bonds. The van der Waals surface area contributed by atoms with Gasteiger partial charge in [0.1, 0.15) is 23.2 Å². The van der Waals surface area contributed by atoms with Gasteiger partial charge < -0.3 is 18.8 Å². The molecule has 0 aliphatic carbocycles. The molecule has 4 rings (SSSR count). The number of rotatable bonds is 4. The normalized spacial score (nSPS) is 17.8. The van der Waals surface area contributed by atoms with Gasteiger partial charge in [-0.05, 0) is 29.8 Å². The van der Waals surface area contributed by atoms with Crippen molar-refractivity contribution in [1.29, 1.82) is 0 Å². The number of nitrogens with zero attached hydrogens (tertiary/aromatic N) is 2. The maximum atomic E-state index is 13.3. The lowest BCUT2D eigenvalue weighted by Gasteiger charge is -2.32. The van der Waals surface area contributed by atoms with Crippen molar-refractivity contribution in [1.82, 2.24) is 4.98 Å². The molecule has 0 spiro atoms. The van der Waals surface area contributed by atoms with Crippen LogP contribution < -0.4 is 9.64 Å². The highest BCUT2D eigenvalue weighted by molar-refractivity contribution is 5.74. The molecule has 2 aromatic carbocycles. The number of aromatic nitrogens is 1. The lowest BCUT2D eigenvalue weighted by molar-refractivity contribution is -0.0501. The second-order valence-corrected chi connectivity index (χ2v) is 5.86. The number of hydrogen-bond acceptors (Lipinski definition) is 5. The van der Waals surface area contributed by atoms with E-state index in [1.165, 1.54) is 30.3 Å². The van der Waals surface area contributed by atoms with Crippen LogP contribution in [0.15, 0.2) is 46.9 Å². The van der Waals surface area contributed by atoms with Crippen molar-refractivity contribution in [3.05, 3.63) is 53.8 Å². The lowest BCUT2D eigenvalue weighted by Crippen LogP contribution is -2.38. The van der Waals surface area contributed by atoms with Gasteiger partial charge in [-0.2, -0.15) is 13.8 Å². The monoisotopic (exact) mass is 364 g/mol. The summed E-state index contributed by atoms with van der Waals surface area (Å²) in [6.45, 7) is -1.49. The summed E-state index contributed by atoms with van der Waals surface area (Å²) in [5.74, 6) is -0.302. The summed E-state index contributed by atoms with van der Waals surface area (Å²) in [5.41, 5.74) is 1.65. The van der Waals surface area contributed by atoms with Gasteiger partial charge in [0.05, 0.1) is 13.2 Å². The fraction of sp³-hybridized carbons (Fsp3) is 0.278. The van der Waals surface area contributed by atoms with Gasteiger partial charge in [0.2, 0.25) is 0 Å². The fourth-order valence-electron chi connectivity index (χ4n) is 2.94. The van der Waals surface area contributed by atoms with Crippen LogP contribution in [-0.2, 0) is 4.74 Å². The van der Waals surface area contributed by atoms with Gasteiger partial charge >= 0.3 is 6.61 Å². The fourth-order valence-corrected chi connectivity index (χ4v) is 2.94. The van der Waals surface area contributed by atoms with E-state index in [1.54, 1.807) is 12.1 Å². The Hall–Kier alpha value is -2.74. The predicted molar refractivity (Wildman–Crippen MR) is 87.9 cm³/mol. The maximum absolute atomic E-state index is 13.3. The second-order valence-electron chi connectivity index (χ2n) is 5.86. The van der Waals surface area contributed by atoms with E-state index in [2.05, 4.69) is 9.72 Å². The van der Waals surface area contributed by atoms with E-state index in [4.69, 9.17) is 9.15 Å². The van der Waals surface area contributed by atoms with E-state index >= 15 is 0 Å². The Morgan fingerprint density at radius 3 is 2.92 bits per heavy atom. The lowest BCUT2D eigenvalue weighted by atomic mass is 10.1. The van der Waals surface area contributed by atoms with Gasteiger partial charge in [0.25, 0.3) is 6.01 Å². The average molecular weight is 364 g/mol. The molecule has 3 aromatic rings. The molecular weight excluding hydrogens is 349 g/mol. The largest absolute Gasteiger partial charge is 0.435 e. The molecule has 136 valence electrons. The molecule has 0 saturated carbocycles. The number of anilines is 1. The molecule has 2 heterocycles. The number of oxazole rings is 1. The Bertz CT molecular complexity index is 916. The Morgan fingerprint density at radius 1 is 1.19 bits per heavy atom. The Balaban J connectivity index is 1.55. The van der Waals surface area contributed by atoms with E-state index in [1.807, 2.05) is 4.90 Å². The zero-order valence-corrected chi connectivity index (χ0v) is 13.6. The van der Waals surface area contributed by atoms with Crippen LogP contribution in [0.2, 0.25) is 0 Å². The van der Waals surface area contributed by atoms with Crippen LogP contribution in [0.25, 0.3) is 11.1 Å². The number of ether oxygens (including phenoxy) is 2. The van der Waals surface area contributed by atoms with Crippen LogP contribution in [0.3, 0.4) is 0 Å². The standard InChI is InChI=1S/C18H15F3N2O3/c19-12-4-5-15-14(9-12)22-18(26-15)23-6-7-24-16(10-23)11-2-1-3-13(8-11)25-17(20)21/h1-5,8-9,16-17H,6-7,10H2/t16-/m0/s1. The molecule has 0 bridgehead atoms. The van der Waals surface area contributed by atoms with E-state index < -0.39 is 6.61 Å². The molecule has 5 nitrogen and oxygen atoms in total. The summed E-state index contributed by atoms with van der Waals surface area (Å²) in [7, 11) is 0. The van der Waals surface area contributed by atoms with Crippen LogP contribution in [0.5, 0.6) is 5.75 Å². The summed E-state index contributed by atoms with van der Waals surface area (Å²) in [6.07, 6.45) is -0.350. The Kier molecular flexibility index (Phi) is 4.42. The van der Waals surface area contributed by atoms with E-state index in [0.717, 1.165) is 5.56 Å². The smallest absolute Gasteiger partial charge is 0.387 e. The predicted octanol–water partition coefficient (Wildman–Crippen LogP) is 4.15. The minimum atomic E-state index is -2.88.